The van der Waals surface area contributed by atoms with Crippen LogP contribution in [0.15, 0.2) is 42.7 Å². The molecule has 0 bridgehead atoms. The van der Waals surface area contributed by atoms with Crippen molar-refractivity contribution in [3.8, 4) is 11.4 Å². The van der Waals surface area contributed by atoms with E-state index in [1.54, 1.807) is 26.2 Å². The van der Waals surface area contributed by atoms with Crippen LogP contribution in [0.25, 0.3) is 22.4 Å². The minimum Gasteiger partial charge on any atom is -0.386 e. The molecule has 0 radical (unpaired) electrons. The summed E-state index contributed by atoms with van der Waals surface area (Å²) in [5.41, 5.74) is 2.90. The minimum atomic E-state index is -0.861. The van der Waals surface area contributed by atoms with Gasteiger partial charge in [-0.05, 0) is 43.7 Å². The van der Waals surface area contributed by atoms with Crippen LogP contribution in [0.5, 0.6) is 0 Å². The quantitative estimate of drug-likeness (QED) is 0.776. The number of pyridine rings is 1. The number of fused-ring (bicyclic) bond motifs is 1. The molecule has 0 aliphatic carbocycles. The molecular weight excluding hydrogens is 250 g/mol. The van der Waals surface area contributed by atoms with E-state index in [2.05, 4.69) is 9.97 Å². The van der Waals surface area contributed by atoms with Crippen LogP contribution in [0.1, 0.15) is 19.4 Å². The van der Waals surface area contributed by atoms with Crippen molar-refractivity contribution in [2.45, 2.75) is 19.4 Å². The molecular formula is C16H17N3O. The van der Waals surface area contributed by atoms with Gasteiger partial charge in [0.15, 0.2) is 0 Å². The first-order valence-electron chi connectivity index (χ1n) is 6.56. The Morgan fingerprint density at radius 2 is 2.00 bits per heavy atom. The van der Waals surface area contributed by atoms with Crippen molar-refractivity contribution in [1.29, 1.82) is 0 Å². The third kappa shape index (κ3) is 2.08. The zero-order valence-corrected chi connectivity index (χ0v) is 11.8. The summed E-state index contributed by atoms with van der Waals surface area (Å²) in [6.07, 6.45) is 3.55. The maximum Gasteiger partial charge on any atom is 0.142 e. The molecule has 2 aromatic heterocycles. The first-order chi connectivity index (χ1) is 9.47. The highest BCUT2D eigenvalue weighted by atomic mass is 16.3. The van der Waals surface area contributed by atoms with E-state index in [0.717, 1.165) is 28.0 Å². The van der Waals surface area contributed by atoms with Gasteiger partial charge in [0.05, 0.1) is 16.6 Å². The average molecular weight is 267 g/mol. The second-order valence-electron chi connectivity index (χ2n) is 5.50. The molecule has 3 aromatic rings. The standard InChI is InChI=1S/C16H17N3O/c1-16(2,20)12-6-7-14-13(9-12)18-15(19(14)3)11-5-4-8-17-10-11/h4-10,20H,1-3H3. The number of hydrogen-bond donors (Lipinski definition) is 1. The molecule has 0 aliphatic rings. The Hall–Kier alpha value is -2.20. The highest BCUT2D eigenvalue weighted by Gasteiger charge is 2.18. The molecule has 1 N–H and O–H groups in total. The molecule has 0 fully saturated rings. The zero-order valence-electron chi connectivity index (χ0n) is 11.8. The Bertz CT molecular complexity index is 754. The predicted molar refractivity (Wildman–Crippen MR) is 79.2 cm³/mol. The Morgan fingerprint density at radius 1 is 1.20 bits per heavy atom. The van der Waals surface area contributed by atoms with Crippen molar-refractivity contribution >= 4 is 11.0 Å². The lowest BCUT2D eigenvalue weighted by Crippen LogP contribution is -2.15. The Morgan fingerprint density at radius 3 is 2.65 bits per heavy atom. The summed E-state index contributed by atoms with van der Waals surface area (Å²) >= 11 is 0. The van der Waals surface area contributed by atoms with E-state index in [4.69, 9.17) is 0 Å². The number of aliphatic hydroxyl groups is 1. The second kappa shape index (κ2) is 4.42. The van der Waals surface area contributed by atoms with Crippen LogP contribution < -0.4 is 0 Å². The minimum absolute atomic E-state index is 0.861. The summed E-state index contributed by atoms with van der Waals surface area (Å²) in [4.78, 5) is 8.80. The lowest BCUT2D eigenvalue weighted by Gasteiger charge is -2.17. The molecule has 4 heteroatoms. The predicted octanol–water partition coefficient (Wildman–Crippen LogP) is 2.86. The molecule has 1 aromatic carbocycles. The summed E-state index contributed by atoms with van der Waals surface area (Å²) < 4.78 is 2.04. The van der Waals surface area contributed by atoms with Crippen LogP contribution in [0.2, 0.25) is 0 Å². The molecule has 4 nitrogen and oxygen atoms in total. The van der Waals surface area contributed by atoms with Gasteiger partial charge >= 0.3 is 0 Å². The number of rotatable bonds is 2. The van der Waals surface area contributed by atoms with E-state index in [1.165, 1.54) is 0 Å². The summed E-state index contributed by atoms with van der Waals surface area (Å²) in [5, 5.41) is 10.1. The topological polar surface area (TPSA) is 50.9 Å². The number of benzene rings is 1. The molecule has 0 aliphatic heterocycles. The van der Waals surface area contributed by atoms with Crippen LogP contribution in [0.4, 0.5) is 0 Å². The Balaban J connectivity index is 2.20. The van der Waals surface area contributed by atoms with E-state index in [9.17, 15) is 5.11 Å². The van der Waals surface area contributed by atoms with Crippen LogP contribution in [-0.2, 0) is 12.6 Å². The fourth-order valence-electron chi connectivity index (χ4n) is 2.33. The first-order valence-corrected chi connectivity index (χ1v) is 6.56. The average Bonchev–Trinajstić information content (AvgIpc) is 2.76. The zero-order chi connectivity index (χ0) is 14.3. The van der Waals surface area contributed by atoms with Crippen molar-refractivity contribution in [3.05, 3.63) is 48.3 Å². The molecule has 0 amide bonds. The molecule has 0 atom stereocenters. The van der Waals surface area contributed by atoms with Gasteiger partial charge in [0.1, 0.15) is 5.82 Å². The summed E-state index contributed by atoms with van der Waals surface area (Å²) in [7, 11) is 1.99. The van der Waals surface area contributed by atoms with Crippen molar-refractivity contribution < 1.29 is 5.11 Å². The van der Waals surface area contributed by atoms with Gasteiger partial charge in [0.2, 0.25) is 0 Å². The van der Waals surface area contributed by atoms with Crippen molar-refractivity contribution in [1.82, 2.24) is 14.5 Å². The molecule has 0 saturated carbocycles. The smallest absolute Gasteiger partial charge is 0.142 e. The van der Waals surface area contributed by atoms with Crippen molar-refractivity contribution in [3.63, 3.8) is 0 Å². The van der Waals surface area contributed by atoms with E-state index in [1.807, 2.05) is 41.9 Å². The Labute approximate surface area is 117 Å². The molecule has 20 heavy (non-hydrogen) atoms. The summed E-state index contributed by atoms with van der Waals surface area (Å²) in [6, 6.07) is 9.77. The van der Waals surface area contributed by atoms with Gasteiger partial charge in [-0.3, -0.25) is 4.98 Å². The lowest BCUT2D eigenvalue weighted by atomic mass is 9.98. The fraction of sp³-hybridized carbons (Fsp3) is 0.250. The number of aromatic nitrogens is 3. The van der Waals surface area contributed by atoms with Gasteiger partial charge in [0.25, 0.3) is 0 Å². The molecule has 3 rings (SSSR count). The van der Waals surface area contributed by atoms with E-state index < -0.39 is 5.60 Å². The largest absolute Gasteiger partial charge is 0.386 e. The molecule has 0 spiro atoms. The van der Waals surface area contributed by atoms with E-state index >= 15 is 0 Å². The number of aryl methyl sites for hydroxylation is 1. The van der Waals surface area contributed by atoms with Crippen molar-refractivity contribution in [2.75, 3.05) is 0 Å². The summed E-state index contributed by atoms with van der Waals surface area (Å²) in [6.45, 7) is 3.55. The third-order valence-corrected chi connectivity index (χ3v) is 3.51. The van der Waals surface area contributed by atoms with E-state index in [0.29, 0.717) is 0 Å². The van der Waals surface area contributed by atoms with Gasteiger partial charge in [-0.15, -0.1) is 0 Å². The van der Waals surface area contributed by atoms with Crippen LogP contribution in [-0.4, -0.2) is 19.6 Å². The molecule has 2 heterocycles. The van der Waals surface area contributed by atoms with Gasteiger partial charge in [0, 0.05) is 25.0 Å². The third-order valence-electron chi connectivity index (χ3n) is 3.51. The molecule has 0 unspecified atom stereocenters. The maximum atomic E-state index is 10.1. The van der Waals surface area contributed by atoms with Crippen LogP contribution in [0, 0.1) is 0 Å². The molecule has 102 valence electrons. The normalized spacial score (nSPS) is 12.0. The maximum absolute atomic E-state index is 10.1. The lowest BCUT2D eigenvalue weighted by molar-refractivity contribution is 0.0787. The fourth-order valence-corrected chi connectivity index (χ4v) is 2.33. The first kappa shape index (κ1) is 12.8. The van der Waals surface area contributed by atoms with Gasteiger partial charge in [-0.1, -0.05) is 6.07 Å². The Kier molecular flexibility index (Phi) is 2.83. The SMILES string of the molecule is Cn1c(-c2cccnc2)nc2cc(C(C)(C)O)ccc21. The van der Waals surface area contributed by atoms with Crippen LogP contribution >= 0.6 is 0 Å². The second-order valence-corrected chi connectivity index (χ2v) is 5.50. The summed E-state index contributed by atoms with van der Waals surface area (Å²) in [5.74, 6) is 0.876. The number of imidazole rings is 1. The monoisotopic (exact) mass is 267 g/mol. The number of nitrogens with zero attached hydrogens (tertiary/aromatic N) is 3. The molecule has 0 saturated heterocycles. The highest BCUT2D eigenvalue weighted by molar-refractivity contribution is 5.81. The van der Waals surface area contributed by atoms with Gasteiger partial charge in [-0.25, -0.2) is 4.98 Å². The van der Waals surface area contributed by atoms with Crippen molar-refractivity contribution in [2.24, 2.45) is 7.05 Å². The van der Waals surface area contributed by atoms with Gasteiger partial charge in [-0.2, -0.15) is 0 Å². The van der Waals surface area contributed by atoms with E-state index in [-0.39, 0.29) is 0 Å². The van der Waals surface area contributed by atoms with Crippen LogP contribution in [0.3, 0.4) is 0 Å². The van der Waals surface area contributed by atoms with Gasteiger partial charge < -0.3 is 9.67 Å². The number of hydrogen-bond acceptors (Lipinski definition) is 3. The highest BCUT2D eigenvalue weighted by Crippen LogP contribution is 2.27.